The van der Waals surface area contributed by atoms with Crippen molar-refractivity contribution in [1.82, 2.24) is 4.90 Å². The summed E-state index contributed by atoms with van der Waals surface area (Å²) in [5, 5.41) is 0. The van der Waals surface area contributed by atoms with Gasteiger partial charge in [0.25, 0.3) is 0 Å². The smallest absolute Gasteiger partial charge is 0.319 e. The molecule has 4 heteroatoms. The van der Waals surface area contributed by atoms with Gasteiger partial charge in [-0.05, 0) is 6.42 Å². The third-order valence-corrected chi connectivity index (χ3v) is 1.90. The highest BCUT2D eigenvalue weighted by Crippen LogP contribution is 1.98. The van der Waals surface area contributed by atoms with Gasteiger partial charge in [-0.2, -0.15) is 0 Å². The van der Waals surface area contributed by atoms with Gasteiger partial charge in [0.1, 0.15) is 0 Å². The summed E-state index contributed by atoms with van der Waals surface area (Å²) in [6.45, 7) is 3.67. The summed E-state index contributed by atoms with van der Waals surface area (Å²) in [6, 6.07) is 0. The molecule has 1 aliphatic heterocycles. The lowest BCUT2D eigenvalue weighted by molar-refractivity contribution is -0.141. The van der Waals surface area contributed by atoms with E-state index in [1.807, 2.05) is 0 Å². The Bertz CT molecular complexity index is 141. The Morgan fingerprint density at radius 2 is 2.33 bits per heavy atom. The van der Waals surface area contributed by atoms with Gasteiger partial charge in [0.2, 0.25) is 0 Å². The summed E-state index contributed by atoms with van der Waals surface area (Å²) < 4.78 is 9.82. The van der Waals surface area contributed by atoms with Crippen molar-refractivity contribution >= 4 is 5.97 Å². The van der Waals surface area contributed by atoms with Crippen LogP contribution in [0.15, 0.2) is 0 Å². The van der Waals surface area contributed by atoms with E-state index in [4.69, 9.17) is 4.74 Å². The van der Waals surface area contributed by atoms with Gasteiger partial charge in [0, 0.05) is 19.7 Å². The van der Waals surface area contributed by atoms with E-state index >= 15 is 0 Å². The van der Waals surface area contributed by atoms with Crippen LogP contribution >= 0.6 is 0 Å². The van der Waals surface area contributed by atoms with Crippen molar-refractivity contribution in [2.75, 3.05) is 40.0 Å². The highest BCUT2D eigenvalue weighted by molar-refractivity contribution is 5.71. The van der Waals surface area contributed by atoms with Gasteiger partial charge in [0.15, 0.2) is 0 Å². The second-order valence-electron chi connectivity index (χ2n) is 2.82. The lowest BCUT2D eigenvalue weighted by Gasteiger charge is -2.16. The van der Waals surface area contributed by atoms with E-state index < -0.39 is 0 Å². The third-order valence-electron chi connectivity index (χ3n) is 1.90. The molecule has 0 aromatic carbocycles. The molecule has 1 aliphatic rings. The quantitative estimate of drug-likeness (QED) is 0.546. The number of hydrogen-bond acceptors (Lipinski definition) is 4. The first-order valence-electron chi connectivity index (χ1n) is 4.20. The van der Waals surface area contributed by atoms with Gasteiger partial charge in [0.05, 0.1) is 20.3 Å². The molecule has 0 radical (unpaired) electrons. The van der Waals surface area contributed by atoms with Gasteiger partial charge >= 0.3 is 5.97 Å². The highest BCUT2D eigenvalue weighted by Gasteiger charge is 2.12. The van der Waals surface area contributed by atoms with E-state index in [2.05, 4.69) is 9.64 Å². The Kier molecular flexibility index (Phi) is 4.04. The fraction of sp³-hybridized carbons (Fsp3) is 0.875. The van der Waals surface area contributed by atoms with Crippen molar-refractivity contribution < 1.29 is 14.3 Å². The minimum Gasteiger partial charge on any atom is -0.468 e. The predicted molar refractivity (Wildman–Crippen MR) is 43.9 cm³/mol. The molecule has 1 heterocycles. The van der Waals surface area contributed by atoms with Crippen LogP contribution in [0.2, 0.25) is 0 Å². The second kappa shape index (κ2) is 5.11. The molecule has 0 aromatic heterocycles. The van der Waals surface area contributed by atoms with Crippen LogP contribution in [-0.4, -0.2) is 50.8 Å². The summed E-state index contributed by atoms with van der Waals surface area (Å²) in [5.74, 6) is -0.170. The summed E-state index contributed by atoms with van der Waals surface area (Å²) in [4.78, 5) is 12.9. The molecule has 0 atom stereocenters. The van der Waals surface area contributed by atoms with Crippen molar-refractivity contribution in [3.8, 4) is 0 Å². The van der Waals surface area contributed by atoms with Crippen LogP contribution in [-0.2, 0) is 14.3 Å². The molecule has 0 aromatic rings. The maximum absolute atomic E-state index is 10.9. The topological polar surface area (TPSA) is 38.8 Å². The summed E-state index contributed by atoms with van der Waals surface area (Å²) in [7, 11) is 1.41. The van der Waals surface area contributed by atoms with Crippen LogP contribution in [0.25, 0.3) is 0 Å². The first kappa shape index (κ1) is 9.48. The highest BCUT2D eigenvalue weighted by atomic mass is 16.5. The molecule has 0 saturated carbocycles. The van der Waals surface area contributed by atoms with Crippen molar-refractivity contribution in [1.29, 1.82) is 0 Å². The van der Waals surface area contributed by atoms with Crippen LogP contribution in [0, 0.1) is 0 Å². The van der Waals surface area contributed by atoms with E-state index in [1.54, 1.807) is 0 Å². The second-order valence-corrected chi connectivity index (χ2v) is 2.82. The normalized spacial score (nSPS) is 20.1. The average molecular weight is 173 g/mol. The number of methoxy groups -OCH3 is 1. The monoisotopic (exact) mass is 173 g/mol. The van der Waals surface area contributed by atoms with E-state index in [0.29, 0.717) is 6.54 Å². The Hall–Kier alpha value is -0.610. The fourth-order valence-corrected chi connectivity index (χ4v) is 1.20. The summed E-state index contributed by atoms with van der Waals surface area (Å²) >= 11 is 0. The van der Waals surface area contributed by atoms with E-state index in [-0.39, 0.29) is 5.97 Å². The predicted octanol–water partition coefficient (Wildman–Crippen LogP) is -0.118. The first-order valence-corrected chi connectivity index (χ1v) is 4.20. The molecule has 0 amide bonds. The lowest BCUT2D eigenvalue weighted by atomic mass is 10.4. The number of carbonyl (C=O) groups is 1. The molecule has 0 bridgehead atoms. The van der Waals surface area contributed by atoms with Gasteiger partial charge in [-0.15, -0.1) is 0 Å². The summed E-state index contributed by atoms with van der Waals surface area (Å²) in [5.41, 5.74) is 0. The molecule has 0 spiro atoms. The van der Waals surface area contributed by atoms with Crippen LogP contribution in [0.4, 0.5) is 0 Å². The maximum atomic E-state index is 10.9. The number of ether oxygens (including phenoxy) is 2. The van der Waals surface area contributed by atoms with E-state index in [9.17, 15) is 4.79 Å². The van der Waals surface area contributed by atoms with E-state index in [1.165, 1.54) is 7.11 Å². The number of carbonyl (C=O) groups excluding carboxylic acids is 1. The van der Waals surface area contributed by atoms with Crippen molar-refractivity contribution in [3.63, 3.8) is 0 Å². The summed E-state index contributed by atoms with van der Waals surface area (Å²) in [6.07, 6.45) is 0.997. The molecule has 0 unspecified atom stereocenters. The SMILES string of the molecule is COC(=O)CN1CCCOCC1. The molecule has 4 nitrogen and oxygen atoms in total. The fourth-order valence-electron chi connectivity index (χ4n) is 1.20. The number of rotatable bonds is 2. The molecule has 1 saturated heterocycles. The zero-order valence-electron chi connectivity index (χ0n) is 7.41. The van der Waals surface area contributed by atoms with Crippen molar-refractivity contribution in [2.45, 2.75) is 6.42 Å². The Labute approximate surface area is 72.4 Å². The number of nitrogens with zero attached hydrogens (tertiary/aromatic N) is 1. The number of hydrogen-bond donors (Lipinski definition) is 0. The van der Waals surface area contributed by atoms with Gasteiger partial charge in [-0.25, -0.2) is 0 Å². The number of esters is 1. The van der Waals surface area contributed by atoms with Crippen LogP contribution in [0.5, 0.6) is 0 Å². The molecule has 0 N–H and O–H groups in total. The Balaban J connectivity index is 2.24. The largest absolute Gasteiger partial charge is 0.468 e. The van der Waals surface area contributed by atoms with Crippen LogP contribution in [0.1, 0.15) is 6.42 Å². The molecular formula is C8H15NO3. The lowest BCUT2D eigenvalue weighted by Crippen LogP contribution is -2.32. The van der Waals surface area contributed by atoms with Crippen LogP contribution in [0.3, 0.4) is 0 Å². The van der Waals surface area contributed by atoms with Gasteiger partial charge < -0.3 is 9.47 Å². The maximum Gasteiger partial charge on any atom is 0.319 e. The van der Waals surface area contributed by atoms with Crippen molar-refractivity contribution in [2.24, 2.45) is 0 Å². The Morgan fingerprint density at radius 1 is 1.50 bits per heavy atom. The zero-order chi connectivity index (χ0) is 8.81. The minimum absolute atomic E-state index is 0.170. The first-order chi connectivity index (χ1) is 5.83. The third kappa shape index (κ3) is 3.19. The molecule has 12 heavy (non-hydrogen) atoms. The minimum atomic E-state index is -0.170. The standard InChI is InChI=1S/C8H15NO3/c1-11-8(10)7-9-3-2-5-12-6-4-9/h2-7H2,1H3. The molecule has 1 rings (SSSR count). The zero-order valence-corrected chi connectivity index (χ0v) is 7.41. The molecular weight excluding hydrogens is 158 g/mol. The molecule has 0 aliphatic carbocycles. The van der Waals surface area contributed by atoms with Gasteiger partial charge in [-0.3, -0.25) is 9.69 Å². The Morgan fingerprint density at radius 3 is 3.08 bits per heavy atom. The van der Waals surface area contributed by atoms with Crippen molar-refractivity contribution in [3.05, 3.63) is 0 Å². The van der Waals surface area contributed by atoms with Gasteiger partial charge in [-0.1, -0.05) is 0 Å². The average Bonchev–Trinajstić information content (AvgIpc) is 2.33. The molecule has 1 fully saturated rings. The molecule has 70 valence electrons. The van der Waals surface area contributed by atoms with Crippen LogP contribution < -0.4 is 0 Å². The van der Waals surface area contributed by atoms with E-state index in [0.717, 1.165) is 32.7 Å².